The van der Waals surface area contributed by atoms with E-state index in [9.17, 15) is 0 Å². The molecule has 0 unspecified atom stereocenters. The van der Waals surface area contributed by atoms with Crippen LogP contribution in [0.4, 0.5) is 34.1 Å². The third kappa shape index (κ3) is 4.50. The summed E-state index contributed by atoms with van der Waals surface area (Å²) in [5, 5.41) is 2.16. The number of benzene rings is 7. The van der Waals surface area contributed by atoms with E-state index < -0.39 is 0 Å². The maximum atomic E-state index is 6.47. The lowest BCUT2D eigenvalue weighted by atomic mass is 9.33. The number of rotatable bonds is 4. The van der Waals surface area contributed by atoms with Crippen molar-refractivity contribution in [2.45, 2.75) is 6.92 Å². The number of anilines is 6. The van der Waals surface area contributed by atoms with Crippen LogP contribution in [0.25, 0.3) is 44.6 Å². The Bertz CT molecular complexity index is 2950. The summed E-state index contributed by atoms with van der Waals surface area (Å²) >= 11 is 0. The fourth-order valence-electron chi connectivity index (χ4n) is 8.90. The molecule has 3 aliphatic rings. The summed E-state index contributed by atoms with van der Waals surface area (Å²) in [7, 11) is 0. The van der Waals surface area contributed by atoms with Crippen LogP contribution >= 0.6 is 0 Å². The molecule has 0 spiro atoms. The molecule has 9 aromatic rings. The van der Waals surface area contributed by atoms with Crippen LogP contribution in [0, 0.1) is 6.92 Å². The Kier molecular flexibility index (Phi) is 6.32. The number of nitrogens with zero attached hydrogens (tertiary/aromatic N) is 2. The van der Waals surface area contributed by atoms with Crippen LogP contribution in [0.5, 0.6) is 11.5 Å². The number of aryl methyl sites for hydroxylation is 1. The summed E-state index contributed by atoms with van der Waals surface area (Å²) in [5.74, 6) is 3.20. The lowest BCUT2D eigenvalue weighted by molar-refractivity contribution is 0.174. The van der Waals surface area contributed by atoms with Crippen molar-refractivity contribution >= 4 is 79.2 Å². The topological polar surface area (TPSA) is 51.2 Å². The molecule has 260 valence electrons. The molecule has 0 radical (unpaired) electrons. The van der Waals surface area contributed by atoms with Gasteiger partial charge in [0.25, 0.3) is 6.71 Å². The van der Waals surface area contributed by atoms with E-state index >= 15 is 0 Å². The van der Waals surface area contributed by atoms with Gasteiger partial charge in [-0.15, -0.1) is 0 Å². The SMILES string of the molecule is Cc1cc2c3c(c1)N(c1ccccc1)c1c(ccc4c1OCO4)B3c1ccc(-c3cc4ccccc4o3)cc1N2c1cccc(-c2cc3ccccc3o2)c1. The first-order valence-corrected chi connectivity index (χ1v) is 18.6. The molecule has 0 N–H and O–H groups in total. The van der Waals surface area contributed by atoms with E-state index in [-0.39, 0.29) is 13.5 Å². The Labute approximate surface area is 317 Å². The summed E-state index contributed by atoms with van der Waals surface area (Å²) in [4.78, 5) is 4.79. The predicted molar refractivity (Wildman–Crippen MR) is 222 cm³/mol. The van der Waals surface area contributed by atoms with E-state index in [1.165, 1.54) is 16.4 Å². The van der Waals surface area contributed by atoms with E-state index in [2.05, 4.69) is 138 Å². The first kappa shape index (κ1) is 30.4. The van der Waals surface area contributed by atoms with E-state index in [0.29, 0.717) is 0 Å². The molecule has 0 saturated heterocycles. The number of hydrogen-bond donors (Lipinski definition) is 0. The van der Waals surface area contributed by atoms with Crippen LogP contribution < -0.4 is 35.7 Å². The van der Waals surface area contributed by atoms with Gasteiger partial charge in [-0.25, -0.2) is 0 Å². The largest absolute Gasteiger partial charge is 0.456 e. The molecule has 12 rings (SSSR count). The summed E-state index contributed by atoms with van der Waals surface area (Å²) in [6, 6.07) is 55.6. The molecule has 55 heavy (non-hydrogen) atoms. The number of hydrogen-bond acceptors (Lipinski definition) is 6. The van der Waals surface area contributed by atoms with Crippen LogP contribution in [0.2, 0.25) is 0 Å². The predicted octanol–water partition coefficient (Wildman–Crippen LogP) is 10.6. The van der Waals surface area contributed by atoms with Gasteiger partial charge < -0.3 is 28.1 Å². The first-order chi connectivity index (χ1) is 27.2. The second kappa shape index (κ2) is 11.4. The Morgan fingerprint density at radius 3 is 1.91 bits per heavy atom. The minimum absolute atomic E-state index is 0.0791. The van der Waals surface area contributed by atoms with Crippen LogP contribution in [0.1, 0.15) is 5.56 Å². The third-order valence-corrected chi connectivity index (χ3v) is 11.3. The number of fused-ring (bicyclic) bond motifs is 8. The fourth-order valence-corrected chi connectivity index (χ4v) is 8.90. The molecule has 0 bridgehead atoms. The Hall–Kier alpha value is -7.12. The molecular formula is C48H31BN2O4. The van der Waals surface area contributed by atoms with Crippen LogP contribution in [-0.4, -0.2) is 13.5 Å². The molecule has 6 nitrogen and oxygen atoms in total. The highest BCUT2D eigenvalue weighted by Crippen LogP contribution is 2.51. The molecule has 0 amide bonds. The van der Waals surface area contributed by atoms with Crippen molar-refractivity contribution in [3.8, 4) is 34.1 Å². The van der Waals surface area contributed by atoms with Gasteiger partial charge in [0.05, 0.1) is 5.69 Å². The second-order valence-electron chi connectivity index (χ2n) is 14.5. The molecule has 2 aromatic heterocycles. The maximum Gasteiger partial charge on any atom is 0.252 e. The van der Waals surface area contributed by atoms with Crippen molar-refractivity contribution in [1.29, 1.82) is 0 Å². The number of furan rings is 2. The Morgan fingerprint density at radius 2 is 1.16 bits per heavy atom. The average molecular weight is 711 g/mol. The lowest BCUT2D eigenvalue weighted by Crippen LogP contribution is -2.61. The van der Waals surface area contributed by atoms with E-state index in [4.69, 9.17) is 18.3 Å². The van der Waals surface area contributed by atoms with Gasteiger partial charge in [0.1, 0.15) is 22.7 Å². The fraction of sp³-hybridized carbons (Fsp3) is 0.0417. The Morgan fingerprint density at radius 1 is 0.509 bits per heavy atom. The van der Waals surface area contributed by atoms with Gasteiger partial charge in [-0.2, -0.15) is 0 Å². The highest BCUT2D eigenvalue weighted by molar-refractivity contribution is 7.00. The summed E-state index contributed by atoms with van der Waals surface area (Å²) in [5.41, 5.74) is 15.0. The first-order valence-electron chi connectivity index (χ1n) is 18.6. The normalized spacial score (nSPS) is 13.7. The lowest BCUT2D eigenvalue weighted by Gasteiger charge is -2.44. The summed E-state index contributed by atoms with van der Waals surface area (Å²) in [6.07, 6.45) is 0. The molecule has 7 aromatic carbocycles. The standard InChI is InChI=1S/C48H31BN2O4/c1-29-22-39-46-40(23-29)51(34-13-3-2-4-14-34)47-37(20-21-43-48(47)53-28-52-43)49(46)36-19-18-33(45-27-32-11-6-8-17-42(32)55-45)25-38(36)50(39)35-15-9-12-30(24-35)44-26-31-10-5-7-16-41(31)54-44/h2-27H,28H2,1H3. The van der Waals surface area contributed by atoms with E-state index in [1.807, 2.05) is 36.4 Å². The van der Waals surface area contributed by atoms with Crippen molar-refractivity contribution in [1.82, 2.24) is 0 Å². The minimum Gasteiger partial charge on any atom is -0.456 e. The Balaban J connectivity index is 1.14. The van der Waals surface area contributed by atoms with Crippen molar-refractivity contribution in [3.63, 3.8) is 0 Å². The van der Waals surface area contributed by atoms with Crippen LogP contribution in [0.3, 0.4) is 0 Å². The number of para-hydroxylation sites is 3. The van der Waals surface area contributed by atoms with Crippen LogP contribution in [0.15, 0.2) is 167 Å². The maximum absolute atomic E-state index is 6.47. The third-order valence-electron chi connectivity index (χ3n) is 11.3. The van der Waals surface area contributed by atoms with Gasteiger partial charge in [0, 0.05) is 50.3 Å². The zero-order chi connectivity index (χ0) is 36.2. The second-order valence-corrected chi connectivity index (χ2v) is 14.5. The summed E-state index contributed by atoms with van der Waals surface area (Å²) < 4.78 is 25.2. The molecule has 0 saturated carbocycles. The van der Waals surface area contributed by atoms with Crippen molar-refractivity contribution in [2.75, 3.05) is 16.6 Å². The quantitative estimate of drug-likeness (QED) is 0.170. The zero-order valence-electron chi connectivity index (χ0n) is 29.8. The van der Waals surface area contributed by atoms with Gasteiger partial charge in [0.2, 0.25) is 6.79 Å². The highest BCUT2D eigenvalue weighted by atomic mass is 16.7. The number of ether oxygens (including phenoxy) is 2. The highest BCUT2D eigenvalue weighted by Gasteiger charge is 2.45. The van der Waals surface area contributed by atoms with E-state index in [1.54, 1.807) is 0 Å². The van der Waals surface area contributed by atoms with Gasteiger partial charge in [-0.3, -0.25) is 0 Å². The van der Waals surface area contributed by atoms with Crippen LogP contribution in [-0.2, 0) is 0 Å². The minimum atomic E-state index is -0.0791. The van der Waals surface area contributed by atoms with E-state index in [0.717, 1.165) is 95.8 Å². The monoisotopic (exact) mass is 710 g/mol. The van der Waals surface area contributed by atoms with Gasteiger partial charge >= 0.3 is 0 Å². The smallest absolute Gasteiger partial charge is 0.252 e. The summed E-state index contributed by atoms with van der Waals surface area (Å²) in [6.45, 7) is 2.30. The zero-order valence-corrected chi connectivity index (χ0v) is 29.8. The molecule has 0 atom stereocenters. The molecule has 7 heteroatoms. The molecular weight excluding hydrogens is 679 g/mol. The molecule has 0 aliphatic carbocycles. The van der Waals surface area contributed by atoms with Crippen molar-refractivity contribution in [2.24, 2.45) is 0 Å². The van der Waals surface area contributed by atoms with Gasteiger partial charge in [-0.1, -0.05) is 84.9 Å². The van der Waals surface area contributed by atoms with Gasteiger partial charge in [0.15, 0.2) is 11.5 Å². The average Bonchev–Trinajstić information content (AvgIpc) is 4.00. The van der Waals surface area contributed by atoms with Crippen molar-refractivity contribution in [3.05, 3.63) is 163 Å². The molecule has 3 aliphatic heterocycles. The van der Waals surface area contributed by atoms with Gasteiger partial charge in [-0.05, 0) is 102 Å². The molecule has 5 heterocycles. The van der Waals surface area contributed by atoms with Crippen molar-refractivity contribution < 1.29 is 18.3 Å². The molecule has 0 fully saturated rings.